The van der Waals surface area contributed by atoms with E-state index in [2.05, 4.69) is 0 Å². The monoisotopic (exact) mass is 584 g/mol. The van der Waals surface area contributed by atoms with Crippen LogP contribution < -0.4 is 0 Å². The SMILES string of the molecule is [2H]c1c([2H])c([2H])c(-c2cccc(-c3c4ccccc4c(-c4cccc(-c5c([2H])c([2H])c6oc7c([2H])c([2H])c([2H])c([2H])c7c6c5[2H])c4)c4ccccc34)c2)c([2H])c1[2H]. The molecular formula is C44H28O. The molecule has 0 fully saturated rings. The summed E-state index contributed by atoms with van der Waals surface area (Å²) in [5.74, 6) is 0. The van der Waals surface area contributed by atoms with E-state index in [0.717, 1.165) is 43.8 Å². The molecule has 0 radical (unpaired) electrons. The summed E-state index contributed by atoms with van der Waals surface area (Å²) in [6.07, 6.45) is 0. The van der Waals surface area contributed by atoms with Crippen molar-refractivity contribution in [3.8, 4) is 44.5 Å². The molecule has 0 saturated heterocycles. The average Bonchev–Trinajstić information content (AvgIpc) is 3.64. The molecule has 0 bridgehead atoms. The maximum Gasteiger partial charge on any atom is 0.135 e. The normalized spacial score (nSPS) is 15.3. The number of hydrogen-bond donors (Lipinski definition) is 0. The van der Waals surface area contributed by atoms with Crippen LogP contribution in [0, 0.1) is 0 Å². The summed E-state index contributed by atoms with van der Waals surface area (Å²) in [6.45, 7) is 0. The Hall–Kier alpha value is -5.92. The Kier molecular flexibility index (Phi) is 3.74. The molecule has 0 N–H and O–H groups in total. The first-order chi connectivity index (χ1) is 27.3. The van der Waals surface area contributed by atoms with Gasteiger partial charge in [0.25, 0.3) is 0 Å². The van der Waals surface area contributed by atoms with E-state index in [1.54, 1.807) is 12.1 Å². The van der Waals surface area contributed by atoms with E-state index in [9.17, 15) is 1.37 Å². The molecular weight excluding hydrogens is 544 g/mol. The van der Waals surface area contributed by atoms with Crippen molar-refractivity contribution in [2.45, 2.75) is 0 Å². The zero-order chi connectivity index (χ0) is 40.2. The molecule has 0 aliphatic carbocycles. The van der Waals surface area contributed by atoms with Gasteiger partial charge in [-0.1, -0.05) is 139 Å². The van der Waals surface area contributed by atoms with Crippen molar-refractivity contribution < 1.29 is 20.9 Å². The quantitative estimate of drug-likeness (QED) is 0.188. The highest BCUT2D eigenvalue weighted by atomic mass is 16.3. The van der Waals surface area contributed by atoms with Crippen molar-refractivity contribution in [1.29, 1.82) is 0 Å². The van der Waals surface area contributed by atoms with Crippen LogP contribution in [0.4, 0.5) is 0 Å². The van der Waals surface area contributed by atoms with E-state index >= 15 is 0 Å². The number of hydrogen-bond acceptors (Lipinski definition) is 1. The average molecular weight is 585 g/mol. The van der Waals surface area contributed by atoms with Gasteiger partial charge in [0.15, 0.2) is 0 Å². The predicted octanol–water partition coefficient (Wildman–Crippen LogP) is 12.6. The van der Waals surface area contributed by atoms with Gasteiger partial charge in [-0.2, -0.15) is 0 Å². The molecule has 0 aliphatic rings. The Morgan fingerprint density at radius 2 is 0.867 bits per heavy atom. The molecule has 9 rings (SSSR count). The summed E-state index contributed by atoms with van der Waals surface area (Å²) in [5, 5.41) is 3.61. The molecule has 8 aromatic carbocycles. The molecule has 0 amide bonds. The Morgan fingerprint density at radius 3 is 1.49 bits per heavy atom. The summed E-state index contributed by atoms with van der Waals surface area (Å²) in [4.78, 5) is 0. The molecule has 1 heteroatoms. The Balaban J connectivity index is 1.28. The van der Waals surface area contributed by atoms with Gasteiger partial charge in [-0.05, 0) is 96.3 Å². The largest absolute Gasteiger partial charge is 0.456 e. The molecule has 0 aliphatic heterocycles. The molecule has 0 unspecified atom stereocenters. The number of furan rings is 1. The van der Waals surface area contributed by atoms with Crippen molar-refractivity contribution in [2.75, 3.05) is 0 Å². The summed E-state index contributed by atoms with van der Waals surface area (Å²) in [5.41, 5.74) is 4.20. The zero-order valence-corrected chi connectivity index (χ0v) is 23.6. The van der Waals surface area contributed by atoms with E-state index < -0.39 is 36.3 Å². The maximum atomic E-state index is 9.34. The van der Waals surface area contributed by atoms with Crippen LogP contribution in [-0.4, -0.2) is 0 Å². The lowest BCUT2D eigenvalue weighted by atomic mass is 9.85. The molecule has 210 valence electrons. The Morgan fingerprint density at radius 1 is 0.356 bits per heavy atom. The van der Waals surface area contributed by atoms with Crippen molar-refractivity contribution in [3.05, 3.63) is 170 Å². The van der Waals surface area contributed by atoms with Gasteiger partial charge in [-0.15, -0.1) is 0 Å². The van der Waals surface area contributed by atoms with E-state index in [0.29, 0.717) is 11.1 Å². The van der Waals surface area contributed by atoms with Crippen molar-refractivity contribution >= 4 is 43.5 Å². The van der Waals surface area contributed by atoms with E-state index in [4.69, 9.17) is 19.5 Å². The van der Waals surface area contributed by atoms with Crippen LogP contribution in [0.1, 0.15) is 16.4 Å². The van der Waals surface area contributed by atoms with Gasteiger partial charge in [-0.3, -0.25) is 0 Å². The van der Waals surface area contributed by atoms with E-state index in [1.807, 2.05) is 84.9 Å². The van der Waals surface area contributed by atoms with E-state index in [-0.39, 0.29) is 69.3 Å². The molecule has 1 aromatic heterocycles. The summed E-state index contributed by atoms with van der Waals surface area (Å²) in [7, 11) is 0. The zero-order valence-electron chi connectivity index (χ0n) is 35.6. The van der Waals surface area contributed by atoms with Crippen molar-refractivity contribution in [3.63, 3.8) is 0 Å². The van der Waals surface area contributed by atoms with Gasteiger partial charge in [0, 0.05) is 10.8 Å². The molecule has 0 spiro atoms. The highest BCUT2D eigenvalue weighted by Gasteiger charge is 2.17. The molecule has 1 nitrogen and oxygen atoms in total. The minimum absolute atomic E-state index is 0.00452. The first-order valence-corrected chi connectivity index (χ1v) is 14.5. The first kappa shape index (κ1) is 16.2. The van der Waals surface area contributed by atoms with Crippen LogP contribution in [0.5, 0.6) is 0 Å². The standard InChI is InChI=1S/C44H28O/c1-2-12-29(13-3-1)30-14-10-16-33(26-30)43-36-19-4-6-21-38(36)44(39-22-7-5-20-37(39)43)34-17-11-15-31(27-34)32-24-25-42-40(28-32)35-18-8-9-23-41(35)45-42/h1-28H/i1D,2D,3D,8D,9D,12D,13D,18D,23D,24D,25D,28D. The fourth-order valence-electron chi connectivity index (χ4n) is 6.25. The first-order valence-electron chi connectivity index (χ1n) is 20.5. The van der Waals surface area contributed by atoms with Crippen LogP contribution in [0.15, 0.2) is 174 Å². The predicted molar refractivity (Wildman–Crippen MR) is 190 cm³/mol. The fourth-order valence-corrected chi connectivity index (χ4v) is 6.25. The minimum Gasteiger partial charge on any atom is -0.456 e. The maximum absolute atomic E-state index is 9.34. The second-order valence-corrected chi connectivity index (χ2v) is 10.8. The van der Waals surface area contributed by atoms with Crippen molar-refractivity contribution in [2.24, 2.45) is 0 Å². The van der Waals surface area contributed by atoms with Crippen molar-refractivity contribution in [1.82, 2.24) is 0 Å². The van der Waals surface area contributed by atoms with Gasteiger partial charge < -0.3 is 4.42 Å². The van der Waals surface area contributed by atoms with Crippen LogP contribution in [-0.2, 0) is 0 Å². The molecule has 0 atom stereocenters. The van der Waals surface area contributed by atoms with Crippen LogP contribution in [0.25, 0.3) is 88.0 Å². The number of para-hydroxylation sites is 1. The Bertz CT molecular complexity index is 3140. The third-order valence-corrected chi connectivity index (χ3v) is 8.20. The third-order valence-electron chi connectivity index (χ3n) is 8.20. The van der Waals surface area contributed by atoms with Crippen LogP contribution in [0.3, 0.4) is 0 Å². The lowest BCUT2D eigenvalue weighted by Gasteiger charge is -2.18. The lowest BCUT2D eigenvalue weighted by Crippen LogP contribution is -1.91. The van der Waals surface area contributed by atoms with Gasteiger partial charge in [-0.25, -0.2) is 0 Å². The highest BCUT2D eigenvalue weighted by Crippen LogP contribution is 2.45. The van der Waals surface area contributed by atoms with E-state index in [1.165, 1.54) is 0 Å². The minimum atomic E-state index is -0.490. The van der Waals surface area contributed by atoms with Crippen LogP contribution >= 0.6 is 0 Å². The molecule has 9 aromatic rings. The Labute approximate surface area is 278 Å². The summed E-state index contributed by atoms with van der Waals surface area (Å²) >= 11 is 0. The lowest BCUT2D eigenvalue weighted by molar-refractivity contribution is 0.669. The second kappa shape index (κ2) is 10.4. The smallest absolute Gasteiger partial charge is 0.135 e. The number of fused-ring (bicyclic) bond motifs is 5. The topological polar surface area (TPSA) is 13.1 Å². The molecule has 45 heavy (non-hydrogen) atoms. The number of rotatable bonds is 4. The van der Waals surface area contributed by atoms with Gasteiger partial charge >= 0.3 is 0 Å². The highest BCUT2D eigenvalue weighted by molar-refractivity contribution is 6.21. The van der Waals surface area contributed by atoms with Gasteiger partial charge in [0.05, 0.1) is 16.4 Å². The van der Waals surface area contributed by atoms with Gasteiger partial charge in [0.1, 0.15) is 11.2 Å². The molecule has 0 saturated carbocycles. The summed E-state index contributed by atoms with van der Waals surface area (Å²) in [6, 6.07) is 26.1. The molecule has 1 heterocycles. The second-order valence-electron chi connectivity index (χ2n) is 10.8. The third kappa shape index (κ3) is 4.24. The number of benzene rings is 8. The van der Waals surface area contributed by atoms with Gasteiger partial charge in [0.2, 0.25) is 0 Å². The van der Waals surface area contributed by atoms with Crippen LogP contribution in [0.2, 0.25) is 0 Å². The summed E-state index contributed by atoms with van der Waals surface area (Å²) < 4.78 is 108. The fraction of sp³-hybridized carbons (Fsp3) is 0.